The van der Waals surface area contributed by atoms with Crippen LogP contribution in [0.2, 0.25) is 0 Å². The lowest BCUT2D eigenvalue weighted by Crippen LogP contribution is -2.28. The first-order valence-electron chi connectivity index (χ1n) is 6.85. The largest absolute Gasteiger partial charge is 0.493 e. The molecule has 0 radical (unpaired) electrons. The third-order valence-electron chi connectivity index (χ3n) is 2.68. The van der Waals surface area contributed by atoms with E-state index in [1.807, 2.05) is 19.1 Å². The molecule has 0 atom stereocenters. The highest BCUT2D eigenvalue weighted by atomic mass is 16.5. The molecule has 0 spiro atoms. The van der Waals surface area contributed by atoms with Crippen LogP contribution in [0.5, 0.6) is 5.75 Å². The molecule has 0 bridgehead atoms. The Hall–Kier alpha value is -1.88. The summed E-state index contributed by atoms with van der Waals surface area (Å²) in [6, 6.07) is 7.25. The molecule has 1 aromatic rings. The molecule has 1 rings (SSSR count). The van der Waals surface area contributed by atoms with E-state index in [4.69, 9.17) is 4.74 Å². The van der Waals surface area contributed by atoms with Crippen molar-refractivity contribution in [1.29, 1.82) is 0 Å². The number of amides is 1. The van der Waals surface area contributed by atoms with Gasteiger partial charge >= 0.3 is 0 Å². The van der Waals surface area contributed by atoms with Crippen LogP contribution in [0.3, 0.4) is 0 Å². The zero-order valence-corrected chi connectivity index (χ0v) is 12.1. The Morgan fingerprint density at radius 1 is 1.20 bits per heavy atom. The molecule has 0 aliphatic rings. The third kappa shape index (κ3) is 5.84. The Bertz CT molecular complexity index is 446. The van der Waals surface area contributed by atoms with Crippen molar-refractivity contribution in [1.82, 2.24) is 10.6 Å². The Labute approximate surface area is 119 Å². The topological polar surface area (TPSA) is 67.4 Å². The summed E-state index contributed by atoms with van der Waals surface area (Å²) in [5, 5.41) is 5.78. The summed E-state index contributed by atoms with van der Waals surface area (Å²) < 4.78 is 5.43. The number of ketones is 1. The predicted molar refractivity (Wildman–Crippen MR) is 78.1 cm³/mol. The van der Waals surface area contributed by atoms with Crippen molar-refractivity contribution in [3.8, 4) is 5.75 Å². The molecule has 2 N–H and O–H groups in total. The highest BCUT2D eigenvalue weighted by molar-refractivity contribution is 6.00. The monoisotopic (exact) mass is 278 g/mol. The summed E-state index contributed by atoms with van der Waals surface area (Å²) in [5.41, 5.74) is 0.601. The normalized spacial score (nSPS) is 10.1. The lowest BCUT2D eigenvalue weighted by Gasteiger charge is -2.09. The fraction of sp³-hybridized carbons (Fsp3) is 0.467. The van der Waals surface area contributed by atoms with Crippen molar-refractivity contribution in [2.24, 2.45) is 0 Å². The first-order valence-corrected chi connectivity index (χ1v) is 6.85. The van der Waals surface area contributed by atoms with Gasteiger partial charge < -0.3 is 15.4 Å². The number of carbonyl (C=O) groups is 2. The van der Waals surface area contributed by atoms with Gasteiger partial charge in [-0.3, -0.25) is 9.59 Å². The average molecular weight is 278 g/mol. The second-order valence-corrected chi connectivity index (χ2v) is 4.37. The number of Topliss-reactive ketones (excluding diaryl/α,β-unsaturated/α-hetero) is 1. The van der Waals surface area contributed by atoms with Crippen LogP contribution in [0.4, 0.5) is 0 Å². The molecule has 0 aromatic heterocycles. The minimum atomic E-state index is -0.0354. The fourth-order valence-corrected chi connectivity index (χ4v) is 1.75. The molecule has 0 unspecified atom stereocenters. The van der Waals surface area contributed by atoms with Gasteiger partial charge in [0.05, 0.1) is 18.7 Å². The zero-order chi connectivity index (χ0) is 14.8. The van der Waals surface area contributed by atoms with Crippen molar-refractivity contribution < 1.29 is 14.3 Å². The van der Waals surface area contributed by atoms with Crippen LogP contribution in [0.1, 0.15) is 30.6 Å². The fourth-order valence-electron chi connectivity index (χ4n) is 1.75. The van der Waals surface area contributed by atoms with Crippen LogP contribution in [-0.2, 0) is 4.79 Å². The van der Waals surface area contributed by atoms with E-state index in [0.29, 0.717) is 31.0 Å². The van der Waals surface area contributed by atoms with Crippen LogP contribution in [0.25, 0.3) is 0 Å². The summed E-state index contributed by atoms with van der Waals surface area (Å²) in [4.78, 5) is 22.7. The number of benzene rings is 1. The number of para-hydroxylation sites is 1. The molecule has 1 aromatic carbocycles. The van der Waals surface area contributed by atoms with Crippen molar-refractivity contribution in [2.45, 2.75) is 20.3 Å². The Morgan fingerprint density at radius 2 is 1.95 bits per heavy atom. The Kier molecular flexibility index (Phi) is 7.35. The van der Waals surface area contributed by atoms with Crippen molar-refractivity contribution >= 4 is 11.7 Å². The average Bonchev–Trinajstić information content (AvgIpc) is 2.43. The predicted octanol–water partition coefficient (Wildman–Crippen LogP) is 1.38. The van der Waals surface area contributed by atoms with Gasteiger partial charge in [0.15, 0.2) is 5.78 Å². The van der Waals surface area contributed by atoms with Crippen LogP contribution < -0.4 is 15.4 Å². The molecule has 20 heavy (non-hydrogen) atoms. The van der Waals surface area contributed by atoms with Gasteiger partial charge in [-0.15, -0.1) is 0 Å². The molecule has 0 fully saturated rings. The maximum Gasteiger partial charge on any atom is 0.216 e. The number of nitrogens with one attached hydrogen (secondary N) is 2. The van der Waals surface area contributed by atoms with E-state index in [1.165, 1.54) is 6.92 Å². The van der Waals surface area contributed by atoms with Gasteiger partial charge in [0.2, 0.25) is 5.91 Å². The van der Waals surface area contributed by atoms with Gasteiger partial charge in [0.1, 0.15) is 5.75 Å². The highest BCUT2D eigenvalue weighted by Gasteiger charge is 2.10. The van der Waals surface area contributed by atoms with Crippen molar-refractivity contribution in [2.75, 3.05) is 26.2 Å². The van der Waals surface area contributed by atoms with E-state index in [0.717, 1.165) is 6.42 Å². The van der Waals surface area contributed by atoms with Crippen LogP contribution in [-0.4, -0.2) is 37.9 Å². The van der Waals surface area contributed by atoms with Gasteiger partial charge in [0.25, 0.3) is 0 Å². The summed E-state index contributed by atoms with van der Waals surface area (Å²) >= 11 is 0. The molecule has 5 heteroatoms. The van der Waals surface area contributed by atoms with Crippen LogP contribution in [0.15, 0.2) is 24.3 Å². The summed E-state index contributed by atoms with van der Waals surface area (Å²) in [7, 11) is 0. The maximum absolute atomic E-state index is 12.1. The van der Waals surface area contributed by atoms with Crippen molar-refractivity contribution in [3.05, 3.63) is 29.8 Å². The lowest BCUT2D eigenvalue weighted by molar-refractivity contribution is -0.118. The van der Waals surface area contributed by atoms with E-state index in [-0.39, 0.29) is 18.2 Å². The second-order valence-electron chi connectivity index (χ2n) is 4.37. The quantitative estimate of drug-likeness (QED) is 0.529. The number of hydrogen-bond acceptors (Lipinski definition) is 4. The lowest BCUT2D eigenvalue weighted by atomic mass is 10.1. The second kappa shape index (κ2) is 9.09. The van der Waals surface area contributed by atoms with E-state index in [2.05, 4.69) is 10.6 Å². The first kappa shape index (κ1) is 16.2. The molecule has 0 aliphatic heterocycles. The van der Waals surface area contributed by atoms with E-state index in [9.17, 15) is 9.59 Å². The standard InChI is InChI=1S/C15H22N2O3/c1-3-20-15-8-5-4-7-13(15)14(19)11-16-9-6-10-17-12(2)18/h4-5,7-8,16H,3,6,9-11H2,1-2H3,(H,17,18). The summed E-state index contributed by atoms with van der Waals surface area (Å²) in [6.07, 6.45) is 0.792. The highest BCUT2D eigenvalue weighted by Crippen LogP contribution is 2.18. The number of carbonyl (C=O) groups excluding carboxylic acids is 2. The maximum atomic E-state index is 12.1. The van der Waals surface area contributed by atoms with Gasteiger partial charge in [-0.2, -0.15) is 0 Å². The molecular formula is C15H22N2O3. The Morgan fingerprint density at radius 3 is 2.65 bits per heavy atom. The molecule has 0 aliphatic carbocycles. The van der Waals surface area contributed by atoms with Crippen LogP contribution >= 0.6 is 0 Å². The first-order chi connectivity index (χ1) is 9.65. The smallest absolute Gasteiger partial charge is 0.216 e. The molecular weight excluding hydrogens is 256 g/mol. The molecule has 0 saturated heterocycles. The van der Waals surface area contributed by atoms with Crippen LogP contribution in [0, 0.1) is 0 Å². The molecule has 0 heterocycles. The van der Waals surface area contributed by atoms with Crippen molar-refractivity contribution in [3.63, 3.8) is 0 Å². The van der Waals surface area contributed by atoms with Gasteiger partial charge in [0, 0.05) is 13.5 Å². The third-order valence-corrected chi connectivity index (χ3v) is 2.68. The molecule has 5 nitrogen and oxygen atoms in total. The summed E-state index contributed by atoms with van der Waals surface area (Å²) in [5.74, 6) is 0.598. The minimum absolute atomic E-state index is 0.00794. The SMILES string of the molecule is CCOc1ccccc1C(=O)CNCCCNC(C)=O. The van der Waals surface area contributed by atoms with E-state index >= 15 is 0 Å². The van der Waals surface area contributed by atoms with Gasteiger partial charge in [-0.05, 0) is 32.0 Å². The molecule has 1 amide bonds. The summed E-state index contributed by atoms with van der Waals surface area (Å²) in [6.45, 7) is 5.48. The molecule has 0 saturated carbocycles. The van der Waals surface area contributed by atoms with E-state index in [1.54, 1.807) is 12.1 Å². The van der Waals surface area contributed by atoms with Gasteiger partial charge in [-0.25, -0.2) is 0 Å². The zero-order valence-electron chi connectivity index (χ0n) is 12.1. The Balaban J connectivity index is 2.34. The number of rotatable bonds is 9. The van der Waals surface area contributed by atoms with Gasteiger partial charge in [-0.1, -0.05) is 12.1 Å². The molecule has 110 valence electrons. The number of hydrogen-bond donors (Lipinski definition) is 2. The number of ether oxygens (including phenoxy) is 1. The van der Waals surface area contributed by atoms with E-state index < -0.39 is 0 Å². The minimum Gasteiger partial charge on any atom is -0.493 e.